The molecule has 2 heterocycles. The topological polar surface area (TPSA) is 99.8 Å². The summed E-state index contributed by atoms with van der Waals surface area (Å²) >= 11 is 5.93. The fraction of sp³-hybridized carbons (Fsp3) is 0.0476. The number of anilines is 3. The molecule has 7 nitrogen and oxygen atoms in total. The molecule has 4 aromatic rings. The van der Waals surface area contributed by atoms with E-state index < -0.39 is 10.0 Å². The molecule has 30 heavy (non-hydrogen) atoms. The molecular formula is C21H18ClN5O2S. The molecule has 3 N–H and O–H groups in total. The molecular weight excluding hydrogens is 422 g/mol. The van der Waals surface area contributed by atoms with E-state index in [9.17, 15) is 8.42 Å². The van der Waals surface area contributed by atoms with Gasteiger partial charge in [0, 0.05) is 23.0 Å². The van der Waals surface area contributed by atoms with Gasteiger partial charge in [0.1, 0.15) is 5.82 Å². The number of benzene rings is 2. The zero-order valence-corrected chi connectivity index (χ0v) is 17.3. The number of halogens is 1. The van der Waals surface area contributed by atoms with Crippen LogP contribution >= 0.6 is 11.6 Å². The maximum absolute atomic E-state index is 12.4. The summed E-state index contributed by atoms with van der Waals surface area (Å²) in [5, 5.41) is 10.8. The second-order valence-electron chi connectivity index (χ2n) is 6.58. The standard InChI is InChI=1S/C21H18ClN5O2S/c22-17-5-3-4-15(12-17)14-30(28,29)27-18-9-7-16(8-10-18)19-13-21(26-25-19)24-20-6-1-2-11-23-20/h1-13,27H,14H2,(H2,23,24,25,26). The predicted octanol–water partition coefficient (Wildman–Crippen LogP) is 4.81. The molecule has 0 radical (unpaired) electrons. The highest BCUT2D eigenvalue weighted by molar-refractivity contribution is 7.91. The first-order valence-corrected chi connectivity index (χ1v) is 11.1. The van der Waals surface area contributed by atoms with Gasteiger partial charge in [0.2, 0.25) is 10.0 Å². The highest BCUT2D eigenvalue weighted by Gasteiger charge is 2.12. The first kappa shape index (κ1) is 19.9. The molecule has 0 aliphatic carbocycles. The first-order chi connectivity index (χ1) is 14.5. The molecule has 0 bridgehead atoms. The van der Waals surface area contributed by atoms with E-state index >= 15 is 0 Å². The Labute approximate surface area is 179 Å². The van der Waals surface area contributed by atoms with Crippen molar-refractivity contribution in [1.29, 1.82) is 0 Å². The molecule has 0 atom stereocenters. The maximum Gasteiger partial charge on any atom is 0.236 e. The van der Waals surface area contributed by atoms with Gasteiger partial charge in [-0.3, -0.25) is 9.82 Å². The Morgan fingerprint density at radius 2 is 1.77 bits per heavy atom. The van der Waals surface area contributed by atoms with Gasteiger partial charge in [-0.1, -0.05) is 41.9 Å². The van der Waals surface area contributed by atoms with Crippen LogP contribution in [0.1, 0.15) is 5.56 Å². The SMILES string of the molecule is O=S(=O)(Cc1cccc(Cl)c1)Nc1ccc(-c2cc(Nc3ccccn3)n[nH]2)cc1. The molecule has 0 saturated heterocycles. The summed E-state index contributed by atoms with van der Waals surface area (Å²) in [6.07, 6.45) is 1.70. The molecule has 0 fully saturated rings. The lowest BCUT2D eigenvalue weighted by atomic mass is 10.1. The van der Waals surface area contributed by atoms with Crippen LogP contribution in [0, 0.1) is 0 Å². The Morgan fingerprint density at radius 1 is 0.933 bits per heavy atom. The number of rotatable bonds is 7. The number of H-pyrrole nitrogens is 1. The number of nitrogens with zero attached hydrogens (tertiary/aromatic N) is 2. The predicted molar refractivity (Wildman–Crippen MR) is 119 cm³/mol. The quantitative estimate of drug-likeness (QED) is 0.383. The van der Waals surface area contributed by atoms with Gasteiger partial charge in [-0.15, -0.1) is 0 Å². The molecule has 0 unspecified atom stereocenters. The van der Waals surface area contributed by atoms with Gasteiger partial charge >= 0.3 is 0 Å². The lowest BCUT2D eigenvalue weighted by Crippen LogP contribution is -2.15. The Morgan fingerprint density at radius 3 is 2.50 bits per heavy atom. The van der Waals surface area contributed by atoms with E-state index in [4.69, 9.17) is 11.6 Å². The van der Waals surface area contributed by atoms with Crippen LogP contribution < -0.4 is 10.0 Å². The van der Waals surface area contributed by atoms with Crippen molar-refractivity contribution in [1.82, 2.24) is 15.2 Å². The normalized spacial score (nSPS) is 11.2. The molecule has 0 aliphatic heterocycles. The van der Waals surface area contributed by atoms with Crippen LogP contribution in [-0.4, -0.2) is 23.6 Å². The van der Waals surface area contributed by atoms with Crippen LogP contribution in [0.4, 0.5) is 17.3 Å². The van der Waals surface area contributed by atoms with Gasteiger partial charge in [0.05, 0.1) is 11.4 Å². The highest BCUT2D eigenvalue weighted by atomic mass is 35.5. The number of pyridine rings is 1. The van der Waals surface area contributed by atoms with Crippen molar-refractivity contribution in [2.45, 2.75) is 5.75 Å². The fourth-order valence-corrected chi connectivity index (χ4v) is 4.28. The number of hydrogen-bond donors (Lipinski definition) is 3. The Hall–Kier alpha value is -3.36. The van der Waals surface area contributed by atoms with E-state index in [1.807, 2.05) is 36.4 Å². The monoisotopic (exact) mass is 439 g/mol. The second-order valence-corrected chi connectivity index (χ2v) is 8.73. The average molecular weight is 440 g/mol. The van der Waals surface area contributed by atoms with Gasteiger partial charge in [0.15, 0.2) is 5.82 Å². The van der Waals surface area contributed by atoms with Gasteiger partial charge < -0.3 is 5.32 Å². The lowest BCUT2D eigenvalue weighted by molar-refractivity contribution is 0.600. The van der Waals surface area contributed by atoms with Crippen molar-refractivity contribution in [3.8, 4) is 11.3 Å². The Balaban J connectivity index is 1.43. The zero-order chi connectivity index (χ0) is 21.0. The van der Waals surface area contributed by atoms with Gasteiger partial charge in [0.25, 0.3) is 0 Å². The molecule has 0 amide bonds. The van der Waals surface area contributed by atoms with Crippen molar-refractivity contribution in [2.24, 2.45) is 0 Å². The van der Waals surface area contributed by atoms with Crippen LogP contribution in [0.15, 0.2) is 79.0 Å². The van der Waals surface area contributed by atoms with E-state index in [0.717, 1.165) is 11.3 Å². The van der Waals surface area contributed by atoms with E-state index in [0.29, 0.717) is 27.9 Å². The highest BCUT2D eigenvalue weighted by Crippen LogP contribution is 2.24. The maximum atomic E-state index is 12.4. The van der Waals surface area contributed by atoms with Gasteiger partial charge in [-0.2, -0.15) is 5.10 Å². The Kier molecular flexibility index (Phi) is 5.69. The molecule has 9 heteroatoms. The third kappa shape index (κ3) is 5.16. The van der Waals surface area contributed by atoms with Crippen LogP contribution in [0.25, 0.3) is 11.3 Å². The van der Waals surface area contributed by atoms with Crippen molar-refractivity contribution in [2.75, 3.05) is 10.0 Å². The van der Waals surface area contributed by atoms with Crippen molar-refractivity contribution in [3.05, 3.63) is 89.6 Å². The number of nitrogens with one attached hydrogen (secondary N) is 3. The summed E-state index contributed by atoms with van der Waals surface area (Å²) in [6.45, 7) is 0. The smallest absolute Gasteiger partial charge is 0.236 e. The third-order valence-electron chi connectivity index (χ3n) is 4.21. The van der Waals surface area contributed by atoms with Crippen molar-refractivity contribution >= 4 is 38.9 Å². The van der Waals surface area contributed by atoms with Crippen LogP contribution in [-0.2, 0) is 15.8 Å². The second kappa shape index (κ2) is 8.56. The van der Waals surface area contributed by atoms with Crippen LogP contribution in [0.3, 0.4) is 0 Å². The number of sulfonamides is 1. The molecule has 2 aromatic carbocycles. The average Bonchev–Trinajstić information content (AvgIpc) is 3.17. The Bertz CT molecular complexity index is 1240. The van der Waals surface area contributed by atoms with E-state index in [-0.39, 0.29) is 5.75 Å². The minimum Gasteiger partial charge on any atom is -0.323 e. The fourth-order valence-electron chi connectivity index (χ4n) is 2.88. The molecule has 4 rings (SSSR count). The minimum absolute atomic E-state index is 0.154. The first-order valence-electron chi connectivity index (χ1n) is 9.06. The summed E-state index contributed by atoms with van der Waals surface area (Å²) in [6, 6.07) is 21.3. The molecule has 0 saturated carbocycles. The van der Waals surface area contributed by atoms with E-state index in [1.54, 1.807) is 42.6 Å². The zero-order valence-electron chi connectivity index (χ0n) is 15.7. The molecule has 0 aliphatic rings. The summed E-state index contributed by atoms with van der Waals surface area (Å²) in [5.41, 5.74) is 2.76. The summed E-state index contributed by atoms with van der Waals surface area (Å²) < 4.78 is 27.4. The van der Waals surface area contributed by atoms with E-state index in [2.05, 4.69) is 25.2 Å². The summed E-state index contributed by atoms with van der Waals surface area (Å²) in [7, 11) is -3.56. The molecule has 2 aromatic heterocycles. The van der Waals surface area contributed by atoms with Crippen LogP contribution in [0.2, 0.25) is 5.02 Å². The number of hydrogen-bond acceptors (Lipinski definition) is 5. The number of aromatic nitrogens is 3. The minimum atomic E-state index is -3.56. The lowest BCUT2D eigenvalue weighted by Gasteiger charge is -2.09. The van der Waals surface area contributed by atoms with Crippen LogP contribution in [0.5, 0.6) is 0 Å². The summed E-state index contributed by atoms with van der Waals surface area (Å²) in [5.74, 6) is 1.17. The van der Waals surface area contributed by atoms with Gasteiger partial charge in [-0.05, 0) is 47.5 Å². The van der Waals surface area contributed by atoms with Crippen molar-refractivity contribution < 1.29 is 8.42 Å². The largest absolute Gasteiger partial charge is 0.323 e. The summed E-state index contributed by atoms with van der Waals surface area (Å²) in [4.78, 5) is 4.20. The van der Waals surface area contributed by atoms with E-state index in [1.165, 1.54) is 0 Å². The molecule has 0 spiro atoms. The van der Waals surface area contributed by atoms with Crippen molar-refractivity contribution in [3.63, 3.8) is 0 Å². The third-order valence-corrected chi connectivity index (χ3v) is 5.71. The number of aromatic amines is 1. The molecule has 152 valence electrons. The van der Waals surface area contributed by atoms with Gasteiger partial charge in [-0.25, -0.2) is 13.4 Å².